The number of hydrogen-bond acceptors (Lipinski definition) is 2. The predicted octanol–water partition coefficient (Wildman–Crippen LogP) is 2.89. The van der Waals surface area contributed by atoms with Crippen LogP contribution in [0.25, 0.3) is 6.08 Å². The van der Waals surface area contributed by atoms with Crippen molar-refractivity contribution in [2.75, 3.05) is 20.6 Å². The first-order valence-corrected chi connectivity index (χ1v) is 5.51. The molecule has 1 unspecified atom stereocenters. The molecule has 0 aliphatic rings. The van der Waals surface area contributed by atoms with Gasteiger partial charge in [0.05, 0.1) is 0 Å². The standard InChI is InChI=1S/C14H19NO.ClH/c1-12(11-15(2)3)14(16)10-9-13-7-5-4-6-8-13;/h4-10,12H,11H2,1-3H3;1H. The summed E-state index contributed by atoms with van der Waals surface area (Å²) in [5.74, 6) is 0.229. The van der Waals surface area contributed by atoms with Gasteiger partial charge in [-0.25, -0.2) is 0 Å². The van der Waals surface area contributed by atoms with Gasteiger partial charge in [0.25, 0.3) is 0 Å². The van der Waals surface area contributed by atoms with Crippen LogP contribution >= 0.6 is 12.4 Å². The third-order valence-electron chi connectivity index (χ3n) is 2.36. The van der Waals surface area contributed by atoms with Crippen LogP contribution in [0.4, 0.5) is 0 Å². The van der Waals surface area contributed by atoms with Gasteiger partial charge < -0.3 is 4.90 Å². The Balaban J connectivity index is 0.00000256. The van der Waals surface area contributed by atoms with E-state index >= 15 is 0 Å². The minimum Gasteiger partial charge on any atom is -0.309 e. The molecule has 0 radical (unpaired) electrons. The van der Waals surface area contributed by atoms with Gasteiger partial charge in [-0.2, -0.15) is 0 Å². The lowest BCUT2D eigenvalue weighted by Crippen LogP contribution is -2.24. The third kappa shape index (κ3) is 6.25. The van der Waals surface area contributed by atoms with Gasteiger partial charge in [-0.1, -0.05) is 43.3 Å². The fourth-order valence-corrected chi connectivity index (χ4v) is 1.54. The number of carbonyl (C=O) groups is 1. The molecule has 0 aliphatic heterocycles. The second kappa shape index (κ2) is 8.04. The van der Waals surface area contributed by atoms with Crippen molar-refractivity contribution in [3.8, 4) is 0 Å². The number of ketones is 1. The zero-order valence-electron chi connectivity index (χ0n) is 10.6. The van der Waals surface area contributed by atoms with Crippen molar-refractivity contribution in [3.63, 3.8) is 0 Å². The van der Waals surface area contributed by atoms with E-state index in [9.17, 15) is 4.79 Å². The van der Waals surface area contributed by atoms with Crippen LogP contribution in [0, 0.1) is 5.92 Å². The molecule has 2 nitrogen and oxygen atoms in total. The molecule has 1 rings (SSSR count). The molecule has 94 valence electrons. The highest BCUT2D eigenvalue weighted by Gasteiger charge is 2.10. The van der Waals surface area contributed by atoms with Gasteiger partial charge in [0, 0.05) is 12.5 Å². The summed E-state index contributed by atoms with van der Waals surface area (Å²) < 4.78 is 0. The molecule has 0 fully saturated rings. The maximum Gasteiger partial charge on any atom is 0.159 e. The topological polar surface area (TPSA) is 20.3 Å². The molecule has 0 N–H and O–H groups in total. The van der Waals surface area contributed by atoms with Crippen LogP contribution in [-0.4, -0.2) is 31.3 Å². The van der Waals surface area contributed by atoms with Crippen LogP contribution in [0.1, 0.15) is 12.5 Å². The lowest BCUT2D eigenvalue weighted by atomic mass is 10.0. The maximum atomic E-state index is 11.7. The molecule has 1 aromatic carbocycles. The van der Waals surface area contributed by atoms with E-state index in [1.165, 1.54) is 0 Å². The van der Waals surface area contributed by atoms with E-state index in [0.717, 1.165) is 12.1 Å². The number of hydrogen-bond donors (Lipinski definition) is 0. The molecule has 17 heavy (non-hydrogen) atoms. The van der Waals surface area contributed by atoms with E-state index in [4.69, 9.17) is 0 Å². The Morgan fingerprint density at radius 1 is 1.29 bits per heavy atom. The van der Waals surface area contributed by atoms with Crippen LogP contribution in [0.5, 0.6) is 0 Å². The van der Waals surface area contributed by atoms with Gasteiger partial charge in [0.2, 0.25) is 0 Å². The van der Waals surface area contributed by atoms with E-state index in [-0.39, 0.29) is 24.1 Å². The molecule has 0 amide bonds. The van der Waals surface area contributed by atoms with Gasteiger partial charge in [0.15, 0.2) is 5.78 Å². The van der Waals surface area contributed by atoms with Crippen LogP contribution in [0.15, 0.2) is 36.4 Å². The minimum atomic E-state index is 0. The predicted molar refractivity (Wildman–Crippen MR) is 75.4 cm³/mol. The van der Waals surface area contributed by atoms with E-state index in [1.807, 2.05) is 62.3 Å². The van der Waals surface area contributed by atoms with Gasteiger partial charge in [0.1, 0.15) is 0 Å². The van der Waals surface area contributed by atoms with Crippen LogP contribution < -0.4 is 0 Å². The number of benzene rings is 1. The molecule has 0 bridgehead atoms. The number of allylic oxidation sites excluding steroid dienone is 1. The van der Waals surface area contributed by atoms with Crippen molar-refractivity contribution in [2.45, 2.75) is 6.92 Å². The van der Waals surface area contributed by atoms with E-state index < -0.39 is 0 Å². The Labute approximate surface area is 110 Å². The zero-order valence-corrected chi connectivity index (χ0v) is 11.4. The number of halogens is 1. The normalized spacial score (nSPS) is 12.5. The van der Waals surface area contributed by atoms with Crippen LogP contribution in [-0.2, 0) is 4.79 Å². The summed E-state index contributed by atoms with van der Waals surface area (Å²) >= 11 is 0. The molecular weight excluding hydrogens is 234 g/mol. The molecular formula is C14H20ClNO. The summed E-state index contributed by atoms with van der Waals surface area (Å²) in [6.07, 6.45) is 3.54. The fourth-order valence-electron chi connectivity index (χ4n) is 1.54. The smallest absolute Gasteiger partial charge is 0.159 e. The SMILES string of the molecule is CC(CN(C)C)C(=O)C=Cc1ccccc1.Cl. The van der Waals surface area contributed by atoms with Gasteiger partial charge in [-0.05, 0) is 25.7 Å². The van der Waals surface area contributed by atoms with Crippen LogP contribution in [0.3, 0.4) is 0 Å². The number of rotatable bonds is 5. The first-order valence-electron chi connectivity index (χ1n) is 5.51. The molecule has 1 aromatic rings. The molecule has 3 heteroatoms. The van der Waals surface area contributed by atoms with Gasteiger partial charge in [-0.15, -0.1) is 12.4 Å². The Hall–Kier alpha value is -1.12. The van der Waals surface area contributed by atoms with Crippen molar-refractivity contribution in [3.05, 3.63) is 42.0 Å². The average molecular weight is 254 g/mol. The summed E-state index contributed by atoms with van der Waals surface area (Å²) in [6.45, 7) is 2.75. The third-order valence-corrected chi connectivity index (χ3v) is 2.36. The molecule has 0 heterocycles. The highest BCUT2D eigenvalue weighted by molar-refractivity contribution is 5.95. The van der Waals surface area contributed by atoms with E-state index in [1.54, 1.807) is 6.08 Å². The summed E-state index contributed by atoms with van der Waals surface area (Å²) in [5.41, 5.74) is 1.06. The highest BCUT2D eigenvalue weighted by atomic mass is 35.5. The highest BCUT2D eigenvalue weighted by Crippen LogP contribution is 2.04. The second-order valence-electron chi connectivity index (χ2n) is 4.31. The van der Waals surface area contributed by atoms with Crippen molar-refractivity contribution in [1.29, 1.82) is 0 Å². The van der Waals surface area contributed by atoms with Crippen molar-refractivity contribution in [2.24, 2.45) is 5.92 Å². The molecule has 0 saturated carbocycles. The maximum absolute atomic E-state index is 11.7. The number of carbonyl (C=O) groups excluding carboxylic acids is 1. The molecule has 0 aliphatic carbocycles. The molecule has 0 aromatic heterocycles. The van der Waals surface area contributed by atoms with Gasteiger partial charge in [-0.3, -0.25) is 4.79 Å². The second-order valence-corrected chi connectivity index (χ2v) is 4.31. The van der Waals surface area contributed by atoms with Gasteiger partial charge >= 0.3 is 0 Å². The first kappa shape index (κ1) is 15.9. The Morgan fingerprint density at radius 2 is 1.88 bits per heavy atom. The first-order chi connectivity index (χ1) is 7.59. The monoisotopic (exact) mass is 253 g/mol. The Bertz CT molecular complexity index is 360. The van der Waals surface area contributed by atoms with Crippen molar-refractivity contribution < 1.29 is 4.79 Å². The zero-order chi connectivity index (χ0) is 12.0. The lowest BCUT2D eigenvalue weighted by molar-refractivity contribution is -0.118. The summed E-state index contributed by atoms with van der Waals surface area (Å²) in [6, 6.07) is 9.87. The molecule has 1 atom stereocenters. The van der Waals surface area contributed by atoms with E-state index in [0.29, 0.717) is 0 Å². The largest absolute Gasteiger partial charge is 0.309 e. The quantitative estimate of drug-likeness (QED) is 0.752. The Morgan fingerprint density at radius 3 is 2.41 bits per heavy atom. The van der Waals surface area contributed by atoms with Crippen molar-refractivity contribution in [1.82, 2.24) is 4.90 Å². The number of nitrogens with zero attached hydrogens (tertiary/aromatic N) is 1. The Kier molecular flexibility index (Phi) is 7.51. The fraction of sp³-hybridized carbons (Fsp3) is 0.357. The van der Waals surface area contributed by atoms with Crippen LogP contribution in [0.2, 0.25) is 0 Å². The summed E-state index contributed by atoms with van der Waals surface area (Å²) in [5, 5.41) is 0. The minimum absolute atomic E-state index is 0. The summed E-state index contributed by atoms with van der Waals surface area (Å²) in [7, 11) is 3.95. The van der Waals surface area contributed by atoms with E-state index in [2.05, 4.69) is 0 Å². The summed E-state index contributed by atoms with van der Waals surface area (Å²) in [4.78, 5) is 13.8. The molecule has 0 saturated heterocycles. The molecule has 0 spiro atoms. The lowest BCUT2D eigenvalue weighted by Gasteiger charge is -2.13. The average Bonchev–Trinajstić information content (AvgIpc) is 2.26. The van der Waals surface area contributed by atoms with Crippen molar-refractivity contribution >= 4 is 24.3 Å².